The van der Waals surface area contributed by atoms with Crippen LogP contribution in [0.2, 0.25) is 0 Å². The second kappa shape index (κ2) is 5.50. The third kappa shape index (κ3) is 3.39. The van der Waals surface area contributed by atoms with E-state index in [0.717, 1.165) is 13.1 Å². The van der Waals surface area contributed by atoms with E-state index in [0.29, 0.717) is 0 Å². The normalized spacial score (nSPS) is 11.4. The van der Waals surface area contributed by atoms with Gasteiger partial charge >= 0.3 is 0 Å². The molecule has 1 heterocycles. The van der Waals surface area contributed by atoms with Crippen molar-refractivity contribution in [3.05, 3.63) is 36.0 Å². The maximum atomic E-state index is 3.55. The van der Waals surface area contributed by atoms with Gasteiger partial charge in [0.05, 0.1) is 6.54 Å². The Labute approximate surface area is 115 Å². The minimum atomic E-state index is 0.131. The predicted octanol–water partition coefficient (Wildman–Crippen LogP) is 3.55. The second-order valence-corrected chi connectivity index (χ2v) is 5.83. The summed E-state index contributed by atoms with van der Waals surface area (Å²) >= 11 is 0. The molecule has 0 spiro atoms. The first-order valence-corrected chi connectivity index (χ1v) is 6.72. The Morgan fingerprint density at radius 3 is 2.63 bits per heavy atom. The molecular weight excluding hydrogens is 232 g/mol. The summed E-state index contributed by atoms with van der Waals surface area (Å²) in [6.45, 7) is 10.1. The molecule has 0 aliphatic heterocycles. The van der Waals surface area contributed by atoms with Crippen LogP contribution in [0.4, 0.5) is 0 Å². The molecule has 2 nitrogen and oxygen atoms in total. The first-order valence-electron chi connectivity index (χ1n) is 6.72. The summed E-state index contributed by atoms with van der Waals surface area (Å²) in [7, 11) is 0. The van der Waals surface area contributed by atoms with E-state index in [9.17, 15) is 0 Å². The molecule has 0 bridgehead atoms. The Bertz CT molecular complexity index is 618. The molecule has 0 amide bonds. The number of benzene rings is 1. The van der Waals surface area contributed by atoms with Gasteiger partial charge in [-0.1, -0.05) is 24.1 Å². The molecule has 1 aromatic heterocycles. The quantitative estimate of drug-likeness (QED) is 0.829. The maximum absolute atomic E-state index is 3.55. The van der Waals surface area contributed by atoms with Crippen molar-refractivity contribution in [1.29, 1.82) is 0 Å². The van der Waals surface area contributed by atoms with Gasteiger partial charge in [0.1, 0.15) is 0 Å². The van der Waals surface area contributed by atoms with Gasteiger partial charge in [-0.15, -0.1) is 5.92 Å². The van der Waals surface area contributed by atoms with Crippen molar-refractivity contribution < 1.29 is 0 Å². The standard InChI is InChI=1S/C17H22N2/c1-5-6-11-19-13-14(12-18-17(2,3)4)15-9-7-8-10-16(15)19/h7-10,13,18H,11-12H2,1-4H3. The zero-order valence-corrected chi connectivity index (χ0v) is 12.2. The predicted molar refractivity (Wildman–Crippen MR) is 82.0 cm³/mol. The van der Waals surface area contributed by atoms with Gasteiger partial charge in [-0.25, -0.2) is 0 Å². The number of hydrogen-bond acceptors (Lipinski definition) is 1. The van der Waals surface area contributed by atoms with Gasteiger partial charge in [-0.05, 0) is 39.3 Å². The van der Waals surface area contributed by atoms with Gasteiger partial charge in [0.2, 0.25) is 0 Å². The van der Waals surface area contributed by atoms with Crippen LogP contribution in [0.3, 0.4) is 0 Å². The smallest absolute Gasteiger partial charge is 0.0837 e. The molecule has 0 radical (unpaired) electrons. The number of rotatable bonds is 3. The van der Waals surface area contributed by atoms with E-state index in [4.69, 9.17) is 0 Å². The Kier molecular flexibility index (Phi) is 3.97. The highest BCUT2D eigenvalue weighted by Crippen LogP contribution is 2.21. The molecule has 0 unspecified atom stereocenters. The van der Waals surface area contributed by atoms with Crippen LogP contribution < -0.4 is 5.32 Å². The number of para-hydroxylation sites is 1. The van der Waals surface area contributed by atoms with Crippen LogP contribution in [-0.4, -0.2) is 10.1 Å². The average Bonchev–Trinajstić information content (AvgIpc) is 2.72. The van der Waals surface area contributed by atoms with Gasteiger partial charge in [-0.2, -0.15) is 0 Å². The molecule has 19 heavy (non-hydrogen) atoms. The Hall–Kier alpha value is -1.72. The highest BCUT2D eigenvalue weighted by atomic mass is 15.0. The lowest BCUT2D eigenvalue weighted by Crippen LogP contribution is -2.34. The summed E-state index contributed by atoms with van der Waals surface area (Å²) < 4.78 is 2.23. The van der Waals surface area contributed by atoms with Gasteiger partial charge in [0.25, 0.3) is 0 Å². The molecule has 2 aromatic rings. The first-order chi connectivity index (χ1) is 9.01. The van der Waals surface area contributed by atoms with Gasteiger partial charge in [0, 0.05) is 29.2 Å². The summed E-state index contributed by atoms with van der Waals surface area (Å²) in [5.74, 6) is 6.09. The SMILES string of the molecule is CC#CCn1cc(CNC(C)(C)C)c2ccccc21. The van der Waals surface area contributed by atoms with Crippen LogP contribution in [0.5, 0.6) is 0 Å². The van der Waals surface area contributed by atoms with Crippen molar-refractivity contribution in [1.82, 2.24) is 9.88 Å². The topological polar surface area (TPSA) is 17.0 Å². The van der Waals surface area contributed by atoms with E-state index in [1.165, 1.54) is 16.5 Å². The van der Waals surface area contributed by atoms with Crippen LogP contribution in [-0.2, 0) is 13.1 Å². The van der Waals surface area contributed by atoms with E-state index in [2.05, 4.69) is 73.0 Å². The fraction of sp³-hybridized carbons (Fsp3) is 0.412. The number of nitrogens with zero attached hydrogens (tertiary/aromatic N) is 1. The number of fused-ring (bicyclic) bond motifs is 1. The van der Waals surface area contributed by atoms with E-state index < -0.39 is 0 Å². The molecule has 1 N–H and O–H groups in total. The van der Waals surface area contributed by atoms with Crippen LogP contribution in [0.1, 0.15) is 33.3 Å². The lowest BCUT2D eigenvalue weighted by Gasteiger charge is -2.20. The van der Waals surface area contributed by atoms with E-state index in [1.807, 2.05) is 6.92 Å². The fourth-order valence-corrected chi connectivity index (χ4v) is 2.12. The molecule has 0 saturated carbocycles. The highest BCUT2D eigenvalue weighted by molar-refractivity contribution is 5.84. The maximum Gasteiger partial charge on any atom is 0.0837 e. The molecule has 100 valence electrons. The Balaban J connectivity index is 2.35. The lowest BCUT2D eigenvalue weighted by atomic mass is 10.1. The molecule has 1 aromatic carbocycles. The van der Waals surface area contributed by atoms with Crippen LogP contribution in [0, 0.1) is 11.8 Å². The van der Waals surface area contributed by atoms with Crippen LogP contribution >= 0.6 is 0 Å². The van der Waals surface area contributed by atoms with Gasteiger partial charge in [-0.3, -0.25) is 0 Å². The van der Waals surface area contributed by atoms with Crippen molar-refractivity contribution in [3.63, 3.8) is 0 Å². The summed E-state index contributed by atoms with van der Waals surface area (Å²) in [5.41, 5.74) is 2.73. The Morgan fingerprint density at radius 2 is 1.95 bits per heavy atom. The molecule has 0 fully saturated rings. The Morgan fingerprint density at radius 1 is 1.21 bits per heavy atom. The first kappa shape index (κ1) is 13.7. The van der Waals surface area contributed by atoms with Crippen molar-refractivity contribution >= 4 is 10.9 Å². The third-order valence-corrected chi connectivity index (χ3v) is 3.11. The van der Waals surface area contributed by atoms with E-state index in [-0.39, 0.29) is 5.54 Å². The van der Waals surface area contributed by atoms with Crippen molar-refractivity contribution in [3.8, 4) is 11.8 Å². The van der Waals surface area contributed by atoms with E-state index in [1.54, 1.807) is 0 Å². The molecular formula is C17H22N2. The number of hydrogen-bond donors (Lipinski definition) is 1. The van der Waals surface area contributed by atoms with E-state index >= 15 is 0 Å². The molecule has 0 aliphatic rings. The number of nitrogens with one attached hydrogen (secondary N) is 1. The molecule has 0 aliphatic carbocycles. The third-order valence-electron chi connectivity index (χ3n) is 3.11. The molecule has 2 rings (SSSR count). The van der Waals surface area contributed by atoms with Gasteiger partial charge in [0.15, 0.2) is 0 Å². The minimum absolute atomic E-state index is 0.131. The summed E-state index contributed by atoms with van der Waals surface area (Å²) in [5, 5.41) is 4.87. The fourth-order valence-electron chi connectivity index (χ4n) is 2.12. The van der Waals surface area contributed by atoms with Crippen molar-refractivity contribution in [2.75, 3.05) is 0 Å². The second-order valence-electron chi connectivity index (χ2n) is 5.83. The van der Waals surface area contributed by atoms with Crippen molar-refractivity contribution in [2.45, 2.75) is 46.3 Å². The molecule has 0 saturated heterocycles. The molecule has 0 atom stereocenters. The average molecular weight is 254 g/mol. The van der Waals surface area contributed by atoms with Crippen molar-refractivity contribution in [2.24, 2.45) is 0 Å². The minimum Gasteiger partial charge on any atom is -0.335 e. The highest BCUT2D eigenvalue weighted by Gasteiger charge is 2.12. The summed E-state index contributed by atoms with van der Waals surface area (Å²) in [6.07, 6.45) is 2.22. The molecule has 2 heteroatoms. The van der Waals surface area contributed by atoms with Crippen LogP contribution in [0.25, 0.3) is 10.9 Å². The summed E-state index contributed by atoms with van der Waals surface area (Å²) in [6, 6.07) is 8.52. The van der Waals surface area contributed by atoms with Crippen LogP contribution in [0.15, 0.2) is 30.5 Å². The monoisotopic (exact) mass is 254 g/mol. The summed E-state index contributed by atoms with van der Waals surface area (Å²) in [4.78, 5) is 0. The zero-order chi connectivity index (χ0) is 13.9. The van der Waals surface area contributed by atoms with Gasteiger partial charge < -0.3 is 9.88 Å². The largest absolute Gasteiger partial charge is 0.335 e. The lowest BCUT2D eigenvalue weighted by molar-refractivity contribution is 0.425. The number of aromatic nitrogens is 1. The zero-order valence-electron chi connectivity index (χ0n) is 12.2.